The molecule has 136 valence electrons. The predicted octanol–water partition coefficient (Wildman–Crippen LogP) is 0.724. The molecule has 25 heavy (non-hydrogen) atoms. The minimum atomic E-state index is 0. The Morgan fingerprint density at radius 2 is 1.92 bits per heavy atom. The van der Waals surface area contributed by atoms with E-state index in [0.29, 0.717) is 6.04 Å². The Balaban J connectivity index is 0.00000182. The summed E-state index contributed by atoms with van der Waals surface area (Å²) >= 11 is 0. The lowest BCUT2D eigenvalue weighted by Crippen LogP contribution is -3.00. The number of benzene rings is 1. The van der Waals surface area contributed by atoms with Crippen molar-refractivity contribution in [3.63, 3.8) is 0 Å². The van der Waals surface area contributed by atoms with Gasteiger partial charge in [-0.25, -0.2) is 0 Å². The molecule has 3 N–H and O–H groups in total. The van der Waals surface area contributed by atoms with Crippen molar-refractivity contribution < 1.29 is 22.5 Å². The maximum absolute atomic E-state index is 5.44. The SMILES string of the molecule is COc1ccc2[nH]c3c(c2c1)CC[NH2+]C3C1CC(C)=C(C)CC1C.[Cl-]. The highest BCUT2D eigenvalue weighted by Crippen LogP contribution is 2.42. The third kappa shape index (κ3) is 3.09. The molecule has 3 unspecified atom stereocenters. The first-order valence-corrected chi connectivity index (χ1v) is 9.25. The van der Waals surface area contributed by atoms with E-state index >= 15 is 0 Å². The average molecular weight is 361 g/mol. The Hall–Kier alpha value is -1.45. The Morgan fingerprint density at radius 3 is 2.68 bits per heavy atom. The highest BCUT2D eigenvalue weighted by molar-refractivity contribution is 5.86. The van der Waals surface area contributed by atoms with E-state index in [2.05, 4.69) is 49.3 Å². The van der Waals surface area contributed by atoms with Crippen LogP contribution in [0.3, 0.4) is 0 Å². The van der Waals surface area contributed by atoms with Gasteiger partial charge in [-0.2, -0.15) is 0 Å². The minimum Gasteiger partial charge on any atom is -1.00 e. The molecule has 2 aliphatic rings. The van der Waals surface area contributed by atoms with Crippen LogP contribution in [0.5, 0.6) is 5.75 Å². The molecule has 1 aliphatic carbocycles. The highest BCUT2D eigenvalue weighted by Gasteiger charge is 2.38. The molecular formula is C21H29ClN2O. The molecule has 1 aliphatic heterocycles. The molecule has 2 aromatic rings. The van der Waals surface area contributed by atoms with Gasteiger partial charge in [0.1, 0.15) is 11.8 Å². The van der Waals surface area contributed by atoms with Crippen LogP contribution in [-0.2, 0) is 6.42 Å². The monoisotopic (exact) mass is 360 g/mol. The van der Waals surface area contributed by atoms with Crippen molar-refractivity contribution in [2.24, 2.45) is 11.8 Å². The lowest BCUT2D eigenvalue weighted by Gasteiger charge is -2.36. The number of rotatable bonds is 2. The van der Waals surface area contributed by atoms with E-state index in [0.717, 1.165) is 24.0 Å². The number of aromatic amines is 1. The number of fused-ring (bicyclic) bond motifs is 3. The van der Waals surface area contributed by atoms with Crippen molar-refractivity contribution in [1.82, 2.24) is 4.98 Å². The Bertz CT molecular complexity index is 808. The molecule has 1 aromatic carbocycles. The smallest absolute Gasteiger partial charge is 0.130 e. The van der Waals surface area contributed by atoms with Crippen LogP contribution in [-0.4, -0.2) is 18.6 Å². The third-order valence-electron chi connectivity index (χ3n) is 6.39. The largest absolute Gasteiger partial charge is 1.00 e. The molecule has 0 bridgehead atoms. The zero-order valence-electron chi connectivity index (χ0n) is 15.7. The summed E-state index contributed by atoms with van der Waals surface area (Å²) in [6, 6.07) is 6.99. The van der Waals surface area contributed by atoms with Crippen LogP contribution in [0.4, 0.5) is 0 Å². The van der Waals surface area contributed by atoms with Gasteiger partial charge in [0.2, 0.25) is 0 Å². The molecule has 1 aromatic heterocycles. The first kappa shape index (κ1) is 18.3. The standard InChI is InChI=1S/C21H28N2O.ClH/c1-12-9-14(3)17(10-13(12)2)20-21-16(7-8-22-20)18-11-15(24-4)5-6-19(18)23-21;/h5-6,11,14,17,20,22-23H,7-10H2,1-4H3;1H. The summed E-state index contributed by atoms with van der Waals surface area (Å²) in [5.74, 6) is 2.43. The summed E-state index contributed by atoms with van der Waals surface area (Å²) in [6.07, 6.45) is 3.64. The van der Waals surface area contributed by atoms with Crippen molar-refractivity contribution in [1.29, 1.82) is 0 Å². The van der Waals surface area contributed by atoms with E-state index < -0.39 is 0 Å². The van der Waals surface area contributed by atoms with Gasteiger partial charge in [-0.05, 0) is 56.4 Å². The van der Waals surface area contributed by atoms with Gasteiger partial charge in [-0.1, -0.05) is 18.1 Å². The second-order valence-electron chi connectivity index (χ2n) is 7.84. The first-order chi connectivity index (χ1) is 11.6. The van der Waals surface area contributed by atoms with Crippen LogP contribution in [0.2, 0.25) is 0 Å². The van der Waals surface area contributed by atoms with Crippen LogP contribution < -0.4 is 22.5 Å². The van der Waals surface area contributed by atoms with Crippen LogP contribution in [0.15, 0.2) is 29.3 Å². The molecular weight excluding hydrogens is 332 g/mol. The van der Waals surface area contributed by atoms with Gasteiger partial charge in [0.25, 0.3) is 0 Å². The molecule has 0 radical (unpaired) electrons. The van der Waals surface area contributed by atoms with Crippen molar-refractivity contribution >= 4 is 10.9 Å². The summed E-state index contributed by atoms with van der Waals surface area (Å²) in [5.41, 5.74) is 7.46. The maximum Gasteiger partial charge on any atom is 0.130 e. The maximum atomic E-state index is 5.44. The third-order valence-corrected chi connectivity index (χ3v) is 6.39. The van der Waals surface area contributed by atoms with Gasteiger partial charge in [0, 0.05) is 23.2 Å². The van der Waals surface area contributed by atoms with Gasteiger partial charge in [0.05, 0.1) is 19.3 Å². The summed E-state index contributed by atoms with van der Waals surface area (Å²) in [6.45, 7) is 8.27. The topological polar surface area (TPSA) is 41.6 Å². The highest BCUT2D eigenvalue weighted by atomic mass is 35.5. The first-order valence-electron chi connectivity index (χ1n) is 9.25. The fourth-order valence-electron chi connectivity index (χ4n) is 4.86. The quantitative estimate of drug-likeness (QED) is 0.761. The van der Waals surface area contributed by atoms with E-state index in [1.165, 1.54) is 41.5 Å². The molecule has 0 saturated heterocycles. The van der Waals surface area contributed by atoms with Crippen LogP contribution in [0.1, 0.15) is 50.9 Å². The molecule has 0 fully saturated rings. The summed E-state index contributed by atoms with van der Waals surface area (Å²) in [7, 11) is 1.75. The number of hydrogen-bond donors (Lipinski definition) is 2. The average Bonchev–Trinajstić information content (AvgIpc) is 2.96. The normalized spacial score (nSPS) is 26.3. The zero-order valence-corrected chi connectivity index (χ0v) is 16.4. The van der Waals surface area contributed by atoms with Gasteiger partial charge in [-0.3, -0.25) is 0 Å². The minimum absolute atomic E-state index is 0. The zero-order chi connectivity index (χ0) is 16.8. The van der Waals surface area contributed by atoms with Crippen LogP contribution in [0.25, 0.3) is 10.9 Å². The van der Waals surface area contributed by atoms with Crippen molar-refractivity contribution in [3.05, 3.63) is 40.6 Å². The van der Waals surface area contributed by atoms with Gasteiger partial charge < -0.3 is 27.4 Å². The van der Waals surface area contributed by atoms with Gasteiger partial charge in [-0.15, -0.1) is 0 Å². The van der Waals surface area contributed by atoms with Crippen molar-refractivity contribution in [2.45, 2.75) is 46.1 Å². The van der Waals surface area contributed by atoms with E-state index in [1.54, 1.807) is 18.3 Å². The fraction of sp³-hybridized carbons (Fsp3) is 0.524. The number of H-pyrrole nitrogens is 1. The number of halogens is 1. The predicted molar refractivity (Wildman–Crippen MR) is 98.4 cm³/mol. The van der Waals surface area contributed by atoms with E-state index in [4.69, 9.17) is 4.74 Å². The van der Waals surface area contributed by atoms with Crippen molar-refractivity contribution in [3.8, 4) is 5.75 Å². The van der Waals surface area contributed by atoms with Gasteiger partial charge in [0.15, 0.2) is 0 Å². The summed E-state index contributed by atoms with van der Waals surface area (Å²) < 4.78 is 5.44. The van der Waals surface area contributed by atoms with E-state index in [9.17, 15) is 0 Å². The second-order valence-corrected chi connectivity index (χ2v) is 7.84. The molecule has 4 heteroatoms. The molecule has 3 nitrogen and oxygen atoms in total. The molecule has 3 atom stereocenters. The Kier molecular flexibility index (Phi) is 5.17. The van der Waals surface area contributed by atoms with E-state index in [-0.39, 0.29) is 12.4 Å². The molecule has 2 heterocycles. The Morgan fingerprint density at radius 1 is 1.16 bits per heavy atom. The summed E-state index contributed by atoms with van der Waals surface area (Å²) in [4.78, 5) is 3.76. The van der Waals surface area contributed by atoms with Crippen LogP contribution >= 0.6 is 0 Å². The van der Waals surface area contributed by atoms with Gasteiger partial charge >= 0.3 is 0 Å². The lowest BCUT2D eigenvalue weighted by atomic mass is 9.72. The lowest BCUT2D eigenvalue weighted by molar-refractivity contribution is -0.707. The number of allylic oxidation sites excluding steroid dienone is 2. The number of quaternary nitrogens is 1. The molecule has 0 spiro atoms. The van der Waals surface area contributed by atoms with E-state index in [1.807, 2.05) is 0 Å². The van der Waals surface area contributed by atoms with Crippen LogP contribution in [0, 0.1) is 11.8 Å². The number of hydrogen-bond acceptors (Lipinski definition) is 1. The fourth-order valence-corrected chi connectivity index (χ4v) is 4.86. The number of methoxy groups -OCH3 is 1. The second kappa shape index (κ2) is 7.05. The molecule has 4 rings (SSSR count). The Labute approximate surface area is 156 Å². The number of ether oxygens (including phenoxy) is 1. The van der Waals surface area contributed by atoms with Crippen molar-refractivity contribution in [2.75, 3.05) is 13.7 Å². The molecule has 0 amide bonds. The number of nitrogens with two attached hydrogens (primary N) is 1. The number of aromatic nitrogens is 1. The molecule has 0 saturated carbocycles. The summed E-state index contributed by atoms with van der Waals surface area (Å²) in [5, 5.41) is 3.93. The number of nitrogens with one attached hydrogen (secondary N) is 1.